The van der Waals surface area contributed by atoms with Gasteiger partial charge in [0, 0.05) is 75.9 Å². The van der Waals surface area contributed by atoms with E-state index in [4.69, 9.17) is 13.9 Å². The molecule has 22 aromatic carbocycles. The van der Waals surface area contributed by atoms with Crippen LogP contribution in [0.5, 0.6) is 23.0 Å². The third-order valence-electron chi connectivity index (χ3n) is 27.2. The van der Waals surface area contributed by atoms with Crippen LogP contribution in [0.25, 0.3) is 141 Å². The Morgan fingerprint density at radius 1 is 0.227 bits per heavy atom. The molecule has 1 atom stereocenters. The van der Waals surface area contributed by atoms with Gasteiger partial charge in [-0.2, -0.15) is 0 Å². The van der Waals surface area contributed by atoms with Crippen LogP contribution in [0.15, 0.2) is 496 Å². The second kappa shape index (κ2) is 32.1. The first-order chi connectivity index (χ1) is 65.5. The van der Waals surface area contributed by atoms with Crippen molar-refractivity contribution >= 4 is 125 Å². The van der Waals surface area contributed by atoms with Gasteiger partial charge >= 0.3 is 0 Å². The summed E-state index contributed by atoms with van der Waals surface area (Å²) in [7, 11) is 0. The molecule has 28 rings (SSSR count). The van der Waals surface area contributed by atoms with Crippen molar-refractivity contribution in [3.8, 4) is 78.6 Å². The highest BCUT2D eigenvalue weighted by Crippen LogP contribution is 2.66. The van der Waals surface area contributed by atoms with E-state index in [-0.39, 0.29) is 5.41 Å². The smallest absolute Gasteiger partial charge is 0.159 e. The summed E-state index contributed by atoms with van der Waals surface area (Å²) in [6.07, 6.45) is 0. The first kappa shape index (κ1) is 77.4. The Bertz CT molecular complexity index is 8560. The van der Waals surface area contributed by atoms with E-state index >= 15 is 0 Å². The lowest BCUT2D eigenvalue weighted by atomic mass is 9.65. The maximum Gasteiger partial charge on any atom is 0.159 e. The van der Waals surface area contributed by atoms with Gasteiger partial charge in [0.2, 0.25) is 0 Å². The molecule has 1 unspecified atom stereocenters. The molecule has 2 aliphatic carbocycles. The maximum atomic E-state index is 6.96. The molecule has 6 heteroatoms. The van der Waals surface area contributed by atoms with E-state index in [9.17, 15) is 0 Å². The predicted octanol–water partition coefficient (Wildman–Crippen LogP) is 34.8. The average Bonchev–Trinajstić information content (AvgIpc) is 1.49. The Morgan fingerprint density at radius 2 is 0.652 bits per heavy atom. The fourth-order valence-corrected chi connectivity index (χ4v) is 22.6. The number of nitrogens with one attached hydrogen (secondary N) is 1. The van der Waals surface area contributed by atoms with Crippen LogP contribution in [0, 0.1) is 0 Å². The van der Waals surface area contributed by atoms with E-state index in [1.807, 2.05) is 23.5 Å². The fourth-order valence-electron chi connectivity index (χ4n) is 21.4. The molecule has 2 spiro atoms. The Morgan fingerprint density at radius 3 is 1.27 bits per heavy atom. The number of benzene rings is 22. The van der Waals surface area contributed by atoms with Gasteiger partial charge in [-0.3, -0.25) is 0 Å². The molecule has 2 aromatic heterocycles. The summed E-state index contributed by atoms with van der Waals surface area (Å²) in [5.74, 6) is 3.72. The van der Waals surface area contributed by atoms with Crippen LogP contribution in [-0.4, -0.2) is 0 Å². The van der Waals surface area contributed by atoms with Crippen molar-refractivity contribution < 1.29 is 13.9 Å². The van der Waals surface area contributed by atoms with Crippen LogP contribution in [0.1, 0.15) is 44.5 Å². The number of fused-ring (bicyclic) bond motifs is 30. The summed E-state index contributed by atoms with van der Waals surface area (Å²) in [4.78, 5) is 2.41. The molecule has 0 saturated heterocycles. The summed E-state index contributed by atoms with van der Waals surface area (Å²) in [5.41, 5.74) is 28.3. The van der Waals surface area contributed by atoms with E-state index in [0.717, 1.165) is 128 Å². The number of anilines is 5. The van der Waals surface area contributed by atoms with Gasteiger partial charge in [-0.25, -0.2) is 0 Å². The Labute approximate surface area is 768 Å². The van der Waals surface area contributed by atoms with Crippen molar-refractivity contribution in [1.82, 2.24) is 0 Å². The molecule has 0 fully saturated rings. The highest BCUT2D eigenvalue weighted by Gasteiger charge is 2.53. The summed E-state index contributed by atoms with van der Waals surface area (Å²) in [6.45, 7) is 0. The maximum absolute atomic E-state index is 6.96. The van der Waals surface area contributed by atoms with Gasteiger partial charge in [0.15, 0.2) is 5.58 Å². The molecule has 620 valence electrons. The van der Waals surface area contributed by atoms with Crippen molar-refractivity contribution in [3.05, 3.63) is 536 Å². The standard InChI is InChI=1S/C63H39NO2.C29H18O.C24H17NS.C10H8/c1-2-17-40(18-3-1)44-20-9-13-29-56(44)64(58-30-16-26-51-50-25-10-14-31-59(50)65-62(51)58)57-38-36-43(46-22-6-7-24-49(46)57)42-33-35-48-47-23-8-11-27-52(47)63(55(48)39-42)53-28-12-15-32-60(53)66-61-45-21-5-4-19-41(45)34-37-54(61)63;1-2-10-20-19(9-1)17-18-26-28(20)30-27-16-8-7-15-25(27)29(26)23-13-5-3-11-21(23)22-12-4-6-14-24(22)29;1-2-7-17(8-3-1)18-13-15-19(16-14-18)25-22-11-6-10-21-20-9-4-5-12-23(20)26-24(21)22;1-2-6-10-8-4-3-7-9(10)5-1/h1-39H;1-18H;1-16,25H;1-8H. The first-order valence-electron chi connectivity index (χ1n) is 45.2. The minimum atomic E-state index is -0.602. The molecule has 4 heterocycles. The molecule has 0 amide bonds. The minimum absolute atomic E-state index is 0.374. The van der Waals surface area contributed by atoms with E-state index in [1.165, 1.54) is 109 Å². The van der Waals surface area contributed by atoms with E-state index in [1.54, 1.807) is 0 Å². The molecule has 0 bridgehead atoms. The molecule has 5 nitrogen and oxygen atoms in total. The Hall–Kier alpha value is -16.9. The van der Waals surface area contributed by atoms with Gasteiger partial charge < -0.3 is 24.1 Å². The molecule has 1 N–H and O–H groups in total. The number of para-hydroxylation sites is 5. The Balaban J connectivity index is 0.000000115. The second-order valence-electron chi connectivity index (χ2n) is 34.3. The van der Waals surface area contributed by atoms with Crippen LogP contribution in [0.3, 0.4) is 0 Å². The molecule has 132 heavy (non-hydrogen) atoms. The van der Waals surface area contributed by atoms with Gasteiger partial charge in [-0.15, -0.1) is 11.3 Å². The average molecular weight is 1700 g/mol. The van der Waals surface area contributed by atoms with Crippen LogP contribution in [-0.2, 0) is 10.8 Å². The number of rotatable bonds is 8. The number of ether oxygens (including phenoxy) is 2. The number of hydrogen-bond donors (Lipinski definition) is 1. The summed E-state index contributed by atoms with van der Waals surface area (Å²) < 4.78 is 23.0. The fraction of sp³-hybridized carbons (Fsp3) is 0.0159. The normalized spacial score (nSPS) is 13.5. The number of furan rings is 1. The monoisotopic (exact) mass is 1700 g/mol. The minimum Gasteiger partial charge on any atom is -0.456 e. The second-order valence-corrected chi connectivity index (χ2v) is 35.3. The predicted molar refractivity (Wildman–Crippen MR) is 551 cm³/mol. The number of thiophene rings is 1. The first-order valence-corrected chi connectivity index (χ1v) is 46.0. The Kier molecular flexibility index (Phi) is 18.9. The van der Waals surface area contributed by atoms with Crippen LogP contribution in [0.2, 0.25) is 0 Å². The quantitative estimate of drug-likeness (QED) is 0.164. The van der Waals surface area contributed by atoms with Crippen LogP contribution >= 0.6 is 11.3 Å². The molecule has 0 radical (unpaired) electrons. The zero-order valence-electron chi connectivity index (χ0n) is 71.8. The van der Waals surface area contributed by atoms with Crippen molar-refractivity contribution in [3.63, 3.8) is 0 Å². The van der Waals surface area contributed by atoms with Crippen LogP contribution < -0.4 is 19.7 Å². The number of nitrogens with zero attached hydrogens (tertiary/aromatic N) is 1. The van der Waals surface area contributed by atoms with Gasteiger partial charge in [0.05, 0.1) is 38.3 Å². The molecular formula is C126H82N2O3S. The van der Waals surface area contributed by atoms with Gasteiger partial charge in [0.25, 0.3) is 0 Å². The summed E-state index contributed by atoms with van der Waals surface area (Å²) in [6, 6.07) is 176. The number of hydrogen-bond acceptors (Lipinski definition) is 6. The van der Waals surface area contributed by atoms with Gasteiger partial charge in [0.1, 0.15) is 28.6 Å². The van der Waals surface area contributed by atoms with Crippen molar-refractivity contribution in [2.75, 3.05) is 10.2 Å². The highest BCUT2D eigenvalue weighted by atomic mass is 32.1. The molecule has 0 saturated carbocycles. The molecule has 4 aliphatic rings. The van der Waals surface area contributed by atoms with E-state index in [0.29, 0.717) is 0 Å². The van der Waals surface area contributed by atoms with E-state index < -0.39 is 5.41 Å². The third-order valence-corrected chi connectivity index (χ3v) is 28.4. The zero-order chi connectivity index (χ0) is 87.2. The lowest BCUT2D eigenvalue weighted by Crippen LogP contribution is -2.32. The summed E-state index contributed by atoms with van der Waals surface area (Å²) >= 11 is 1.85. The van der Waals surface area contributed by atoms with E-state index in [2.05, 4.69) is 489 Å². The summed E-state index contributed by atoms with van der Waals surface area (Å²) in [5, 5.41) is 18.0. The lowest BCUT2D eigenvalue weighted by Gasteiger charge is -2.40. The van der Waals surface area contributed by atoms with Crippen molar-refractivity contribution in [1.29, 1.82) is 0 Å². The van der Waals surface area contributed by atoms with Crippen molar-refractivity contribution in [2.24, 2.45) is 0 Å². The zero-order valence-corrected chi connectivity index (χ0v) is 72.7. The van der Waals surface area contributed by atoms with Gasteiger partial charge in [-0.1, -0.05) is 425 Å². The van der Waals surface area contributed by atoms with Crippen LogP contribution in [0.4, 0.5) is 28.4 Å². The third kappa shape index (κ3) is 12.6. The van der Waals surface area contributed by atoms with Gasteiger partial charge in [-0.05, 0) is 166 Å². The SMILES string of the molecule is c1ccc(-c2ccc(Nc3cccc4c3sc3ccccc34)cc2)cc1.c1ccc(-c2ccccc2N(c2ccc(-c3ccc4c(c3)C3(c5ccccc5Oc5c3ccc3ccccc53)c3ccccc3-4)c3ccccc23)c2cccc3c2oc2ccccc23)cc1.c1ccc2c(c1)Oc1c(ccc3ccccc13)C21c2ccccc2-c2ccccc21.c1ccc2ccccc2c1. The highest BCUT2D eigenvalue weighted by molar-refractivity contribution is 7.26. The largest absolute Gasteiger partial charge is 0.456 e. The lowest BCUT2D eigenvalue weighted by molar-refractivity contribution is 0.441. The molecular weight excluding hydrogens is 1620 g/mol. The topological polar surface area (TPSA) is 46.9 Å². The van der Waals surface area contributed by atoms with Crippen molar-refractivity contribution in [2.45, 2.75) is 10.8 Å². The molecule has 2 aliphatic heterocycles. The molecule has 24 aromatic rings.